The van der Waals surface area contributed by atoms with Crippen LogP contribution in [0.5, 0.6) is 0 Å². The van der Waals surface area contributed by atoms with Crippen LogP contribution in [0, 0.1) is 6.92 Å². The van der Waals surface area contributed by atoms with Crippen LogP contribution in [0.4, 0.5) is 0 Å². The van der Waals surface area contributed by atoms with Crippen LogP contribution in [0.15, 0.2) is 18.2 Å². The fourth-order valence-corrected chi connectivity index (χ4v) is 1.69. The molecule has 0 fully saturated rings. The number of Topliss-reactive ketones (excluding diaryl/α,β-unsaturated/α-hetero) is 1. The summed E-state index contributed by atoms with van der Waals surface area (Å²) >= 11 is 6.04. The Hall–Kier alpha value is -0.860. The molecule has 88 valence electrons. The molecule has 0 saturated carbocycles. The summed E-state index contributed by atoms with van der Waals surface area (Å²) in [5, 5.41) is 0.656. The van der Waals surface area contributed by atoms with Gasteiger partial charge in [0.2, 0.25) is 0 Å². The Balaban J connectivity index is 2.49. The number of ketones is 1. The summed E-state index contributed by atoms with van der Waals surface area (Å²) in [6.45, 7) is 4.80. The minimum absolute atomic E-state index is 0.0687. The van der Waals surface area contributed by atoms with Gasteiger partial charge in [-0.3, -0.25) is 4.79 Å². The van der Waals surface area contributed by atoms with Crippen molar-refractivity contribution in [3.05, 3.63) is 34.3 Å². The second-order valence-electron chi connectivity index (χ2n) is 3.86. The maximum atomic E-state index is 11.5. The molecule has 1 aromatic rings. The lowest BCUT2D eigenvalue weighted by molar-refractivity contribution is -0.122. The van der Waals surface area contributed by atoms with Crippen LogP contribution < -0.4 is 0 Å². The number of rotatable bonds is 6. The molecule has 0 aliphatic rings. The van der Waals surface area contributed by atoms with Crippen molar-refractivity contribution in [1.82, 2.24) is 0 Å². The number of hydrogen-bond donors (Lipinski definition) is 0. The molecule has 2 nitrogen and oxygen atoms in total. The Bertz CT molecular complexity index is 361. The third kappa shape index (κ3) is 4.33. The maximum absolute atomic E-state index is 11.5. The normalized spacial score (nSPS) is 10.4. The lowest BCUT2D eigenvalue weighted by Gasteiger charge is -2.05. The van der Waals surface area contributed by atoms with Gasteiger partial charge in [-0.1, -0.05) is 30.7 Å². The Morgan fingerprint density at radius 2 is 2.19 bits per heavy atom. The summed E-state index contributed by atoms with van der Waals surface area (Å²) < 4.78 is 5.19. The SMILES string of the molecule is CCCOCC(=O)Cc1ccc(C)cc1Cl. The van der Waals surface area contributed by atoms with Crippen molar-refractivity contribution >= 4 is 17.4 Å². The monoisotopic (exact) mass is 240 g/mol. The van der Waals surface area contributed by atoms with Crippen molar-refractivity contribution in [1.29, 1.82) is 0 Å². The molecule has 1 rings (SSSR count). The molecule has 0 aromatic heterocycles. The van der Waals surface area contributed by atoms with Crippen molar-refractivity contribution in [3.8, 4) is 0 Å². The van der Waals surface area contributed by atoms with Crippen molar-refractivity contribution in [2.75, 3.05) is 13.2 Å². The van der Waals surface area contributed by atoms with Gasteiger partial charge in [0.1, 0.15) is 6.61 Å². The summed E-state index contributed by atoms with van der Waals surface area (Å²) in [7, 11) is 0. The van der Waals surface area contributed by atoms with Crippen molar-refractivity contribution in [2.45, 2.75) is 26.7 Å². The van der Waals surface area contributed by atoms with Crippen LogP contribution in [0.1, 0.15) is 24.5 Å². The first kappa shape index (κ1) is 13.2. The van der Waals surface area contributed by atoms with E-state index >= 15 is 0 Å². The molecule has 0 unspecified atom stereocenters. The molecule has 0 spiro atoms. The van der Waals surface area contributed by atoms with E-state index in [0.717, 1.165) is 17.5 Å². The molecular formula is C13H17ClO2. The van der Waals surface area contributed by atoms with Crippen LogP contribution in [0.3, 0.4) is 0 Å². The molecule has 1 aromatic carbocycles. The predicted octanol–water partition coefficient (Wildman–Crippen LogP) is 3.19. The molecule has 0 radical (unpaired) electrons. The smallest absolute Gasteiger partial charge is 0.162 e. The average Bonchev–Trinajstić information content (AvgIpc) is 2.23. The first-order chi connectivity index (χ1) is 7.63. The van der Waals surface area contributed by atoms with Gasteiger partial charge >= 0.3 is 0 Å². The third-order valence-electron chi connectivity index (χ3n) is 2.21. The molecule has 0 aliphatic carbocycles. The molecule has 3 heteroatoms. The minimum Gasteiger partial charge on any atom is -0.374 e. The van der Waals surface area contributed by atoms with Gasteiger partial charge in [-0.05, 0) is 30.5 Å². The number of ether oxygens (including phenoxy) is 1. The van der Waals surface area contributed by atoms with Gasteiger partial charge in [-0.25, -0.2) is 0 Å². The molecule has 0 N–H and O–H groups in total. The summed E-state index contributed by atoms with van der Waals surface area (Å²) in [6, 6.07) is 5.73. The van der Waals surface area contributed by atoms with Gasteiger partial charge in [0, 0.05) is 18.1 Å². The number of hydrogen-bond acceptors (Lipinski definition) is 2. The predicted molar refractivity (Wildman–Crippen MR) is 66.0 cm³/mol. The lowest BCUT2D eigenvalue weighted by atomic mass is 10.1. The Morgan fingerprint density at radius 3 is 2.81 bits per heavy atom. The van der Waals surface area contributed by atoms with Gasteiger partial charge < -0.3 is 4.74 Å². The Morgan fingerprint density at radius 1 is 1.44 bits per heavy atom. The van der Waals surface area contributed by atoms with E-state index in [-0.39, 0.29) is 12.4 Å². The van der Waals surface area contributed by atoms with E-state index in [0.29, 0.717) is 18.1 Å². The van der Waals surface area contributed by atoms with Crippen molar-refractivity contribution < 1.29 is 9.53 Å². The zero-order valence-electron chi connectivity index (χ0n) is 9.75. The first-order valence-electron chi connectivity index (χ1n) is 5.48. The second-order valence-corrected chi connectivity index (χ2v) is 4.27. The highest BCUT2D eigenvalue weighted by atomic mass is 35.5. The van der Waals surface area contributed by atoms with E-state index in [1.807, 2.05) is 32.0 Å². The van der Waals surface area contributed by atoms with E-state index < -0.39 is 0 Å². The summed E-state index contributed by atoms with van der Waals surface area (Å²) in [6.07, 6.45) is 1.28. The van der Waals surface area contributed by atoms with Crippen LogP contribution in [-0.2, 0) is 16.0 Å². The standard InChI is InChI=1S/C13H17ClO2/c1-3-6-16-9-12(15)8-11-5-4-10(2)7-13(11)14/h4-5,7H,3,6,8-9H2,1-2H3. The van der Waals surface area contributed by atoms with Gasteiger partial charge in [0.25, 0.3) is 0 Å². The molecule has 0 saturated heterocycles. The third-order valence-corrected chi connectivity index (χ3v) is 2.56. The van der Waals surface area contributed by atoms with Crippen LogP contribution in [-0.4, -0.2) is 19.0 Å². The number of halogens is 1. The highest BCUT2D eigenvalue weighted by Crippen LogP contribution is 2.18. The molecule has 0 atom stereocenters. The fraction of sp³-hybridized carbons (Fsp3) is 0.462. The second kappa shape index (κ2) is 6.66. The number of benzene rings is 1. The summed E-state index contributed by atoms with van der Waals surface area (Å²) in [4.78, 5) is 11.5. The van der Waals surface area contributed by atoms with E-state index in [4.69, 9.17) is 16.3 Å². The maximum Gasteiger partial charge on any atom is 0.162 e. The molecule has 0 amide bonds. The quantitative estimate of drug-likeness (QED) is 0.714. The van der Waals surface area contributed by atoms with Crippen LogP contribution in [0.2, 0.25) is 5.02 Å². The Labute approximate surface area is 102 Å². The summed E-state index contributed by atoms with van der Waals surface area (Å²) in [5.41, 5.74) is 1.97. The average molecular weight is 241 g/mol. The van der Waals surface area contributed by atoms with Gasteiger partial charge in [0.05, 0.1) is 0 Å². The molecule has 0 aliphatic heterocycles. The number of aryl methyl sites for hydroxylation is 1. The van der Waals surface area contributed by atoms with Crippen LogP contribution in [0.25, 0.3) is 0 Å². The zero-order valence-corrected chi connectivity index (χ0v) is 10.5. The van der Waals surface area contributed by atoms with E-state index in [1.165, 1.54) is 0 Å². The molecule has 16 heavy (non-hydrogen) atoms. The Kier molecular flexibility index (Phi) is 5.50. The highest BCUT2D eigenvalue weighted by Gasteiger charge is 2.07. The number of carbonyl (C=O) groups is 1. The molecule has 0 bridgehead atoms. The summed E-state index contributed by atoms with van der Waals surface area (Å²) in [5.74, 6) is 0.0687. The largest absolute Gasteiger partial charge is 0.374 e. The topological polar surface area (TPSA) is 26.3 Å². The van der Waals surface area contributed by atoms with E-state index in [2.05, 4.69) is 0 Å². The van der Waals surface area contributed by atoms with Gasteiger partial charge in [-0.2, -0.15) is 0 Å². The van der Waals surface area contributed by atoms with Crippen LogP contribution >= 0.6 is 11.6 Å². The van der Waals surface area contributed by atoms with Gasteiger partial charge in [-0.15, -0.1) is 0 Å². The van der Waals surface area contributed by atoms with Gasteiger partial charge in [0.15, 0.2) is 5.78 Å². The number of carbonyl (C=O) groups excluding carboxylic acids is 1. The minimum atomic E-state index is 0.0687. The first-order valence-corrected chi connectivity index (χ1v) is 5.85. The molecule has 0 heterocycles. The fourth-order valence-electron chi connectivity index (χ4n) is 1.39. The van der Waals surface area contributed by atoms with Crippen molar-refractivity contribution in [2.24, 2.45) is 0 Å². The zero-order chi connectivity index (χ0) is 12.0. The van der Waals surface area contributed by atoms with Crippen molar-refractivity contribution in [3.63, 3.8) is 0 Å². The highest BCUT2D eigenvalue weighted by molar-refractivity contribution is 6.31. The molecular weight excluding hydrogens is 224 g/mol. The van der Waals surface area contributed by atoms with E-state index in [1.54, 1.807) is 0 Å². The lowest BCUT2D eigenvalue weighted by Crippen LogP contribution is -2.12. The van der Waals surface area contributed by atoms with E-state index in [9.17, 15) is 4.79 Å².